The van der Waals surface area contributed by atoms with E-state index in [4.69, 9.17) is 0 Å². The molecule has 0 unspecified atom stereocenters. The second-order valence-electron chi connectivity index (χ2n) is 6.84. The number of hydrogen-bond acceptors (Lipinski definition) is 5. The van der Waals surface area contributed by atoms with Crippen molar-refractivity contribution in [3.05, 3.63) is 81.6 Å². The van der Waals surface area contributed by atoms with E-state index in [9.17, 15) is 14.9 Å². The van der Waals surface area contributed by atoms with Gasteiger partial charge in [0.2, 0.25) is 11.9 Å². The van der Waals surface area contributed by atoms with Gasteiger partial charge >= 0.3 is 0 Å². The number of nitrogens with one attached hydrogen (secondary N) is 3. The largest absolute Gasteiger partial charge is 0.326 e. The van der Waals surface area contributed by atoms with Gasteiger partial charge in [-0.05, 0) is 29.7 Å². The van der Waals surface area contributed by atoms with Crippen LogP contribution in [0.5, 0.6) is 0 Å². The topological polar surface area (TPSA) is 111 Å². The summed E-state index contributed by atoms with van der Waals surface area (Å²) in [7, 11) is 0. The van der Waals surface area contributed by atoms with E-state index >= 15 is 0 Å². The highest BCUT2D eigenvalue weighted by molar-refractivity contribution is 5.98. The van der Waals surface area contributed by atoms with Gasteiger partial charge in [0.15, 0.2) is 0 Å². The molecule has 29 heavy (non-hydrogen) atoms. The fourth-order valence-corrected chi connectivity index (χ4v) is 3.55. The van der Waals surface area contributed by atoms with Crippen LogP contribution >= 0.6 is 0 Å². The molecule has 1 amide bonds. The Kier molecular flexibility index (Phi) is 4.83. The monoisotopic (exact) mass is 385 g/mol. The molecular weight excluding hydrogens is 366 g/mol. The van der Waals surface area contributed by atoms with Crippen LogP contribution in [0, 0.1) is 17.2 Å². The fourth-order valence-electron chi connectivity index (χ4n) is 3.55. The smallest absolute Gasteiger partial charge is 0.258 e. The second kappa shape index (κ2) is 7.60. The molecule has 3 aromatic rings. The van der Waals surface area contributed by atoms with Crippen molar-refractivity contribution < 1.29 is 4.79 Å². The van der Waals surface area contributed by atoms with Gasteiger partial charge in [-0.3, -0.25) is 14.6 Å². The number of carbonyl (C=O) groups excluding carboxylic acids is 1. The van der Waals surface area contributed by atoms with E-state index in [2.05, 4.69) is 20.6 Å². The van der Waals surface area contributed by atoms with Gasteiger partial charge in [-0.25, -0.2) is 0 Å². The number of fused-ring (bicyclic) bond motifs is 1. The Morgan fingerprint density at radius 2 is 1.83 bits per heavy atom. The van der Waals surface area contributed by atoms with Crippen molar-refractivity contribution >= 4 is 23.4 Å². The summed E-state index contributed by atoms with van der Waals surface area (Å²) in [5.41, 5.74) is 2.52. The molecule has 7 heteroatoms. The van der Waals surface area contributed by atoms with E-state index in [1.54, 1.807) is 0 Å². The predicted molar refractivity (Wildman–Crippen MR) is 110 cm³/mol. The first-order valence-corrected chi connectivity index (χ1v) is 9.36. The number of carbonyl (C=O) groups is 1. The summed E-state index contributed by atoms with van der Waals surface area (Å²) >= 11 is 0. The van der Waals surface area contributed by atoms with Crippen LogP contribution < -0.4 is 16.2 Å². The number of H-pyrrole nitrogens is 1. The van der Waals surface area contributed by atoms with Crippen LogP contribution in [-0.4, -0.2) is 15.9 Å². The number of aryl methyl sites for hydroxylation is 1. The second-order valence-corrected chi connectivity index (χ2v) is 6.84. The van der Waals surface area contributed by atoms with Gasteiger partial charge in [-0.2, -0.15) is 10.2 Å². The number of nitrogens with zero attached hydrogens (tertiary/aromatic N) is 2. The number of para-hydroxylation sites is 1. The van der Waals surface area contributed by atoms with Crippen molar-refractivity contribution in [2.75, 3.05) is 10.6 Å². The minimum absolute atomic E-state index is 0.174. The Balaban J connectivity index is 1.80. The molecule has 0 fully saturated rings. The normalized spacial score (nSPS) is 17.7. The number of anilines is 3. The van der Waals surface area contributed by atoms with E-state index < -0.39 is 23.3 Å². The molecule has 2 heterocycles. The van der Waals surface area contributed by atoms with Gasteiger partial charge < -0.3 is 10.6 Å². The lowest BCUT2D eigenvalue weighted by atomic mass is 9.79. The molecule has 7 nitrogen and oxygen atoms in total. The third-order valence-electron chi connectivity index (χ3n) is 5.05. The third kappa shape index (κ3) is 3.48. The SMILES string of the molecule is CCc1ccc([C@H]2c3c(nc(Nc4ccccc4)[nH]c3=O)NC(=O)[C@@H]2C#N)cc1. The average Bonchev–Trinajstić information content (AvgIpc) is 2.73. The Labute approximate surface area is 167 Å². The zero-order valence-corrected chi connectivity index (χ0v) is 15.8. The quantitative estimate of drug-likeness (QED) is 0.638. The zero-order chi connectivity index (χ0) is 20.4. The number of aromatic nitrogens is 2. The molecule has 144 valence electrons. The van der Waals surface area contributed by atoms with Crippen molar-refractivity contribution in [2.24, 2.45) is 5.92 Å². The number of amides is 1. The molecule has 0 saturated heterocycles. The standard InChI is InChI=1S/C22H19N5O2/c1-2-13-8-10-14(11-9-13)17-16(12-23)20(28)25-19-18(17)21(29)27-22(26-19)24-15-6-4-3-5-7-15/h3-11,16-17H,2H2,1H3,(H3,24,25,26,27,28,29)/t16-,17-/m1/s1. The molecule has 1 aliphatic rings. The first-order chi connectivity index (χ1) is 14.1. The van der Waals surface area contributed by atoms with Gasteiger partial charge in [-0.15, -0.1) is 0 Å². The average molecular weight is 385 g/mol. The van der Waals surface area contributed by atoms with Crippen molar-refractivity contribution in [1.29, 1.82) is 5.26 Å². The molecule has 3 N–H and O–H groups in total. The van der Waals surface area contributed by atoms with Crippen LogP contribution in [0.4, 0.5) is 17.5 Å². The Hall–Kier alpha value is -3.92. The van der Waals surface area contributed by atoms with Crippen molar-refractivity contribution in [3.63, 3.8) is 0 Å². The van der Waals surface area contributed by atoms with Crippen LogP contribution in [0.15, 0.2) is 59.4 Å². The summed E-state index contributed by atoms with van der Waals surface area (Å²) in [5.74, 6) is -1.76. The summed E-state index contributed by atoms with van der Waals surface area (Å²) in [4.78, 5) is 32.6. The van der Waals surface area contributed by atoms with E-state index in [0.717, 1.165) is 23.2 Å². The summed E-state index contributed by atoms with van der Waals surface area (Å²) < 4.78 is 0. The summed E-state index contributed by atoms with van der Waals surface area (Å²) in [6.07, 6.45) is 0.875. The van der Waals surface area contributed by atoms with Gasteiger partial charge in [0.1, 0.15) is 11.7 Å². The van der Waals surface area contributed by atoms with E-state index in [0.29, 0.717) is 5.56 Å². The molecular formula is C22H19N5O2. The zero-order valence-electron chi connectivity index (χ0n) is 15.8. The number of benzene rings is 2. The lowest BCUT2D eigenvalue weighted by Gasteiger charge is -2.28. The van der Waals surface area contributed by atoms with E-state index in [-0.39, 0.29) is 11.8 Å². The predicted octanol–water partition coefficient (Wildman–Crippen LogP) is 3.30. The van der Waals surface area contributed by atoms with E-state index in [1.807, 2.05) is 67.6 Å². The molecule has 1 aliphatic heterocycles. The molecule has 0 bridgehead atoms. The minimum atomic E-state index is -1.01. The van der Waals surface area contributed by atoms with Crippen molar-refractivity contribution in [2.45, 2.75) is 19.3 Å². The Morgan fingerprint density at radius 3 is 2.48 bits per heavy atom. The molecule has 0 spiro atoms. The van der Waals surface area contributed by atoms with Crippen LogP contribution in [0.2, 0.25) is 0 Å². The first-order valence-electron chi connectivity index (χ1n) is 9.36. The molecule has 0 saturated carbocycles. The van der Waals surface area contributed by atoms with Gasteiger partial charge in [0, 0.05) is 11.6 Å². The van der Waals surface area contributed by atoms with Gasteiger partial charge in [0.05, 0.1) is 11.6 Å². The molecule has 1 aromatic heterocycles. The maximum atomic E-state index is 13.0. The molecule has 4 rings (SSSR count). The van der Waals surface area contributed by atoms with Crippen LogP contribution in [0.3, 0.4) is 0 Å². The number of nitriles is 1. The fraction of sp³-hybridized carbons (Fsp3) is 0.182. The lowest BCUT2D eigenvalue weighted by Crippen LogP contribution is -2.38. The Morgan fingerprint density at radius 1 is 1.10 bits per heavy atom. The lowest BCUT2D eigenvalue weighted by molar-refractivity contribution is -0.119. The maximum absolute atomic E-state index is 13.0. The Bertz CT molecular complexity index is 1150. The maximum Gasteiger partial charge on any atom is 0.258 e. The molecule has 2 atom stereocenters. The number of rotatable bonds is 4. The molecule has 0 radical (unpaired) electrons. The van der Waals surface area contributed by atoms with Gasteiger partial charge in [0.25, 0.3) is 5.56 Å². The van der Waals surface area contributed by atoms with Crippen LogP contribution in [0.1, 0.15) is 29.5 Å². The van der Waals surface area contributed by atoms with Gasteiger partial charge in [-0.1, -0.05) is 49.4 Å². The molecule has 2 aromatic carbocycles. The highest BCUT2D eigenvalue weighted by Gasteiger charge is 2.40. The number of hydrogen-bond donors (Lipinski definition) is 3. The molecule has 0 aliphatic carbocycles. The van der Waals surface area contributed by atoms with Crippen molar-refractivity contribution in [3.8, 4) is 6.07 Å². The highest BCUT2D eigenvalue weighted by atomic mass is 16.2. The summed E-state index contributed by atoms with van der Waals surface area (Å²) in [5, 5.41) is 15.2. The summed E-state index contributed by atoms with van der Waals surface area (Å²) in [6, 6.07) is 18.9. The first kappa shape index (κ1) is 18.4. The third-order valence-corrected chi connectivity index (χ3v) is 5.05. The number of aromatic amines is 1. The van der Waals surface area contributed by atoms with Crippen molar-refractivity contribution in [1.82, 2.24) is 9.97 Å². The summed E-state index contributed by atoms with van der Waals surface area (Å²) in [6.45, 7) is 2.05. The van der Waals surface area contributed by atoms with Crippen LogP contribution in [-0.2, 0) is 11.2 Å². The van der Waals surface area contributed by atoms with E-state index in [1.165, 1.54) is 0 Å². The van der Waals surface area contributed by atoms with Crippen LogP contribution in [0.25, 0.3) is 0 Å². The minimum Gasteiger partial charge on any atom is -0.326 e. The highest BCUT2D eigenvalue weighted by Crippen LogP contribution is 2.38.